The van der Waals surface area contributed by atoms with E-state index in [2.05, 4.69) is 27.5 Å². The number of rotatable bonds is 6. The molecule has 0 aliphatic heterocycles. The summed E-state index contributed by atoms with van der Waals surface area (Å²) in [6.07, 6.45) is 3.98. The zero-order valence-electron chi connectivity index (χ0n) is 15.7. The normalized spacial score (nSPS) is 10.3. The average Bonchev–Trinajstić information content (AvgIpc) is 2.69. The van der Waals surface area contributed by atoms with Crippen LogP contribution in [0, 0.1) is 0 Å². The van der Waals surface area contributed by atoms with Gasteiger partial charge in [0.25, 0.3) is 5.91 Å². The quantitative estimate of drug-likeness (QED) is 0.692. The lowest BCUT2D eigenvalue weighted by atomic mass is 10.1. The first-order chi connectivity index (χ1) is 13.0. The van der Waals surface area contributed by atoms with Gasteiger partial charge in [-0.05, 0) is 48.4 Å². The van der Waals surface area contributed by atoms with E-state index in [9.17, 15) is 4.79 Å². The van der Waals surface area contributed by atoms with Crippen molar-refractivity contribution in [1.29, 1.82) is 0 Å². The Kier molecular flexibility index (Phi) is 5.66. The maximum atomic E-state index is 12.3. The smallest absolute Gasteiger partial charge is 0.275 e. The van der Waals surface area contributed by atoms with E-state index in [1.807, 2.05) is 67.5 Å². The molecule has 138 valence electrons. The molecule has 1 heterocycles. The second kappa shape index (κ2) is 8.31. The molecule has 2 N–H and O–H groups in total. The molecule has 0 fully saturated rings. The van der Waals surface area contributed by atoms with Gasteiger partial charge >= 0.3 is 0 Å². The van der Waals surface area contributed by atoms with Gasteiger partial charge in [-0.25, -0.2) is 9.97 Å². The molecule has 27 heavy (non-hydrogen) atoms. The van der Waals surface area contributed by atoms with Crippen LogP contribution in [-0.2, 0) is 6.42 Å². The molecule has 3 aromatic rings. The van der Waals surface area contributed by atoms with Crippen molar-refractivity contribution in [2.45, 2.75) is 13.3 Å². The van der Waals surface area contributed by atoms with Gasteiger partial charge in [0.15, 0.2) is 0 Å². The van der Waals surface area contributed by atoms with Gasteiger partial charge in [0.1, 0.15) is 11.5 Å². The van der Waals surface area contributed by atoms with Gasteiger partial charge in [0.2, 0.25) is 0 Å². The number of anilines is 4. The summed E-state index contributed by atoms with van der Waals surface area (Å²) in [5, 5.41) is 6.00. The highest BCUT2D eigenvalue weighted by Gasteiger charge is 2.09. The topological polar surface area (TPSA) is 70.2 Å². The molecule has 0 aliphatic rings. The number of nitrogens with zero attached hydrogens (tertiary/aromatic N) is 3. The average molecular weight is 361 g/mol. The molecule has 0 saturated heterocycles. The summed E-state index contributed by atoms with van der Waals surface area (Å²) in [5.41, 5.74) is 4.25. The van der Waals surface area contributed by atoms with Gasteiger partial charge < -0.3 is 15.5 Å². The Hall–Kier alpha value is -3.41. The fraction of sp³-hybridized carbons (Fsp3) is 0.190. The second-order valence-electron chi connectivity index (χ2n) is 6.36. The van der Waals surface area contributed by atoms with E-state index in [1.165, 1.54) is 11.8 Å². The van der Waals surface area contributed by atoms with E-state index < -0.39 is 0 Å². The molecule has 0 saturated carbocycles. The van der Waals surface area contributed by atoms with Crippen LogP contribution in [0.25, 0.3) is 0 Å². The van der Waals surface area contributed by atoms with Crippen molar-refractivity contribution in [3.63, 3.8) is 0 Å². The van der Waals surface area contributed by atoms with Crippen molar-refractivity contribution in [1.82, 2.24) is 9.97 Å². The fourth-order valence-corrected chi connectivity index (χ4v) is 2.52. The van der Waals surface area contributed by atoms with Crippen LogP contribution in [-0.4, -0.2) is 30.0 Å². The highest BCUT2D eigenvalue weighted by Crippen LogP contribution is 2.18. The first-order valence-electron chi connectivity index (χ1n) is 8.82. The predicted octanol–water partition coefficient (Wildman–Crippen LogP) is 4.10. The van der Waals surface area contributed by atoms with Crippen LogP contribution in [0.3, 0.4) is 0 Å². The molecule has 6 heteroatoms. The molecule has 6 nitrogen and oxygen atoms in total. The molecule has 3 rings (SSSR count). The summed E-state index contributed by atoms with van der Waals surface area (Å²) in [7, 11) is 3.99. The molecule has 0 aliphatic carbocycles. The first kappa shape index (κ1) is 18.4. The third kappa shape index (κ3) is 4.82. The van der Waals surface area contributed by atoms with Gasteiger partial charge in [-0.2, -0.15) is 0 Å². The van der Waals surface area contributed by atoms with Crippen LogP contribution in [0.4, 0.5) is 22.9 Å². The first-order valence-corrected chi connectivity index (χ1v) is 8.82. The summed E-state index contributed by atoms with van der Waals surface area (Å²) < 4.78 is 0. The third-order valence-corrected chi connectivity index (χ3v) is 4.16. The summed E-state index contributed by atoms with van der Waals surface area (Å²) >= 11 is 0. The number of hydrogen-bond acceptors (Lipinski definition) is 5. The Labute approximate surface area is 159 Å². The van der Waals surface area contributed by atoms with Crippen LogP contribution < -0.4 is 15.5 Å². The Morgan fingerprint density at radius 1 is 0.926 bits per heavy atom. The van der Waals surface area contributed by atoms with Gasteiger partial charge in [-0.3, -0.25) is 4.79 Å². The van der Waals surface area contributed by atoms with Crippen molar-refractivity contribution in [2.24, 2.45) is 0 Å². The minimum atomic E-state index is -0.284. The van der Waals surface area contributed by atoms with Crippen LogP contribution in [0.2, 0.25) is 0 Å². The van der Waals surface area contributed by atoms with Gasteiger partial charge in [0, 0.05) is 31.2 Å². The SMILES string of the molecule is CCc1ccc(NC(=O)c2cnc(Nc3ccc(N(C)C)cc3)cn2)cc1. The highest BCUT2D eigenvalue weighted by molar-refractivity contribution is 6.02. The summed E-state index contributed by atoms with van der Waals surface area (Å²) in [6.45, 7) is 2.09. The van der Waals surface area contributed by atoms with E-state index in [-0.39, 0.29) is 11.6 Å². The Balaban J connectivity index is 1.62. The molecule has 1 amide bonds. The van der Waals surface area contributed by atoms with Crippen LogP contribution in [0.5, 0.6) is 0 Å². The zero-order chi connectivity index (χ0) is 19.2. The van der Waals surface area contributed by atoms with Gasteiger partial charge in [0.05, 0.1) is 12.4 Å². The van der Waals surface area contributed by atoms with Crippen molar-refractivity contribution < 1.29 is 4.79 Å². The third-order valence-electron chi connectivity index (χ3n) is 4.16. The molecule has 1 aromatic heterocycles. The molecule has 2 aromatic carbocycles. The van der Waals surface area contributed by atoms with Crippen molar-refractivity contribution in [2.75, 3.05) is 29.6 Å². The van der Waals surface area contributed by atoms with Crippen molar-refractivity contribution >= 4 is 28.8 Å². The number of aryl methyl sites for hydroxylation is 1. The van der Waals surface area contributed by atoms with Crippen LogP contribution in [0.1, 0.15) is 23.0 Å². The molecule has 0 bridgehead atoms. The van der Waals surface area contributed by atoms with E-state index in [0.29, 0.717) is 5.82 Å². The molecular formula is C21H23N5O. The number of hydrogen-bond donors (Lipinski definition) is 2. The number of nitrogens with one attached hydrogen (secondary N) is 2. The summed E-state index contributed by atoms with van der Waals surface area (Å²) in [5.74, 6) is 0.296. The van der Waals surface area contributed by atoms with E-state index in [0.717, 1.165) is 23.5 Å². The summed E-state index contributed by atoms with van der Waals surface area (Å²) in [6, 6.07) is 15.7. The second-order valence-corrected chi connectivity index (χ2v) is 6.36. The largest absolute Gasteiger partial charge is 0.378 e. The molecule has 0 spiro atoms. The monoisotopic (exact) mass is 361 g/mol. The lowest BCUT2D eigenvalue weighted by Gasteiger charge is -2.13. The van der Waals surface area contributed by atoms with Gasteiger partial charge in [-0.1, -0.05) is 19.1 Å². The zero-order valence-corrected chi connectivity index (χ0v) is 15.7. The number of carbonyl (C=O) groups is 1. The van der Waals surface area contributed by atoms with Crippen LogP contribution in [0.15, 0.2) is 60.9 Å². The fourth-order valence-electron chi connectivity index (χ4n) is 2.52. The number of amides is 1. The predicted molar refractivity (Wildman–Crippen MR) is 110 cm³/mol. The maximum Gasteiger partial charge on any atom is 0.275 e. The van der Waals surface area contributed by atoms with Crippen molar-refractivity contribution in [3.05, 3.63) is 72.2 Å². The Bertz CT molecular complexity index is 887. The van der Waals surface area contributed by atoms with E-state index in [4.69, 9.17) is 0 Å². The standard InChI is InChI=1S/C21H23N5O/c1-4-15-5-7-17(8-6-15)25-21(27)19-13-23-20(14-22-19)24-16-9-11-18(12-10-16)26(2)3/h5-14H,4H2,1-3H3,(H,23,24)(H,25,27). The molecule has 0 atom stereocenters. The molecular weight excluding hydrogens is 338 g/mol. The Morgan fingerprint density at radius 3 is 2.15 bits per heavy atom. The van der Waals surface area contributed by atoms with Crippen molar-refractivity contribution in [3.8, 4) is 0 Å². The lowest BCUT2D eigenvalue weighted by Crippen LogP contribution is -2.14. The number of aromatic nitrogens is 2. The minimum absolute atomic E-state index is 0.267. The number of benzene rings is 2. The molecule has 0 unspecified atom stereocenters. The maximum absolute atomic E-state index is 12.3. The summed E-state index contributed by atoms with van der Waals surface area (Å²) in [4.78, 5) is 22.8. The van der Waals surface area contributed by atoms with Gasteiger partial charge in [-0.15, -0.1) is 0 Å². The van der Waals surface area contributed by atoms with E-state index >= 15 is 0 Å². The molecule has 0 radical (unpaired) electrons. The minimum Gasteiger partial charge on any atom is -0.378 e. The number of carbonyl (C=O) groups excluding carboxylic acids is 1. The lowest BCUT2D eigenvalue weighted by molar-refractivity contribution is 0.102. The van der Waals surface area contributed by atoms with E-state index in [1.54, 1.807) is 6.20 Å². The van der Waals surface area contributed by atoms with Crippen LogP contribution >= 0.6 is 0 Å². The Morgan fingerprint density at radius 2 is 1.59 bits per heavy atom. The highest BCUT2D eigenvalue weighted by atomic mass is 16.1.